The Kier molecular flexibility index (Phi) is 4.27. The maximum atomic E-state index is 6.19. The minimum absolute atomic E-state index is 0. The molecule has 2 aliphatic heterocycles. The maximum Gasteiger partial charge on any atom is 1.00 e. The zero-order valence-corrected chi connectivity index (χ0v) is 14.3. The Bertz CT molecular complexity index is 227. The molecule has 2 saturated heterocycles. The summed E-state index contributed by atoms with van der Waals surface area (Å²) in [6.45, 7) is 4.41. The Balaban J connectivity index is 0.00000144. The average Bonchev–Trinajstić information content (AvgIpc) is 2.30. The molecule has 2 fully saturated rings. The molecule has 94 valence electrons. The van der Waals surface area contributed by atoms with Gasteiger partial charge in [-0.25, -0.2) is 0 Å². The molecule has 2 rings (SSSR count). The van der Waals surface area contributed by atoms with Gasteiger partial charge in [0, 0.05) is 23.5 Å². The summed E-state index contributed by atoms with van der Waals surface area (Å²) in [5, 5.41) is 0.538. The topological polar surface area (TPSA) is 18.5 Å². The summed E-state index contributed by atoms with van der Waals surface area (Å²) in [7, 11) is 1.07. The lowest BCUT2D eigenvalue weighted by molar-refractivity contribution is -0.0925. The molecular formula is C12H27O2Si2+. The van der Waals surface area contributed by atoms with E-state index in [0.717, 1.165) is 13.2 Å². The summed E-state index contributed by atoms with van der Waals surface area (Å²) in [5.41, 5.74) is 0. The second-order valence-corrected chi connectivity index (χ2v) is 9.59. The molecule has 16 heavy (non-hydrogen) atoms. The zero-order valence-electron chi connectivity index (χ0n) is 11.9. The maximum absolute atomic E-state index is 6.19. The van der Waals surface area contributed by atoms with Gasteiger partial charge in [-0.05, 0) is 44.9 Å². The predicted octanol–water partition coefficient (Wildman–Crippen LogP) is 0.865. The van der Waals surface area contributed by atoms with Crippen molar-refractivity contribution in [3.63, 3.8) is 0 Å². The van der Waals surface area contributed by atoms with Gasteiger partial charge in [0.2, 0.25) is 0 Å². The van der Waals surface area contributed by atoms with Crippen LogP contribution in [0.5, 0.6) is 0 Å². The first-order valence-electron chi connectivity index (χ1n) is 6.96. The standard InChI is InChI=1S/C12H26O2Si2/c1-16-12(7-3-5-9-14-12)10-11(15)6-2-4-8-13-11/h2-10,16H2,1,15H3/p+1. The van der Waals surface area contributed by atoms with E-state index in [1.54, 1.807) is 0 Å². The highest BCUT2D eigenvalue weighted by Crippen LogP contribution is 2.36. The van der Waals surface area contributed by atoms with Gasteiger partial charge in [0.1, 0.15) is 0 Å². The molecule has 0 saturated carbocycles. The van der Waals surface area contributed by atoms with Gasteiger partial charge in [0.25, 0.3) is 0 Å². The molecule has 2 unspecified atom stereocenters. The fourth-order valence-corrected chi connectivity index (χ4v) is 6.70. The summed E-state index contributed by atoms with van der Waals surface area (Å²) in [6.07, 6.45) is 9.09. The highest BCUT2D eigenvalue weighted by atomic mass is 28.2. The second-order valence-electron chi connectivity index (χ2n) is 5.77. The van der Waals surface area contributed by atoms with Gasteiger partial charge in [0.15, 0.2) is 0 Å². The van der Waals surface area contributed by atoms with Crippen LogP contribution < -0.4 is 0 Å². The second kappa shape index (κ2) is 5.33. The Morgan fingerprint density at radius 3 is 2.31 bits per heavy atom. The van der Waals surface area contributed by atoms with E-state index < -0.39 is 0 Å². The molecule has 2 heterocycles. The Morgan fingerprint density at radius 1 is 1.12 bits per heavy atom. The quantitative estimate of drug-likeness (QED) is 0.700. The molecule has 0 aliphatic carbocycles. The SMILES string of the molecule is C[SiH2]C1(CC2([SiH3])CCCCO2)CCCCO1.[H+]. The molecular weight excluding hydrogens is 232 g/mol. The van der Waals surface area contributed by atoms with Crippen LogP contribution in [-0.2, 0) is 9.47 Å². The molecule has 2 nitrogen and oxygen atoms in total. The van der Waals surface area contributed by atoms with Gasteiger partial charge in [-0.3, -0.25) is 0 Å². The van der Waals surface area contributed by atoms with Crippen LogP contribution >= 0.6 is 0 Å². The summed E-state index contributed by atoms with van der Waals surface area (Å²) < 4.78 is 12.3. The molecule has 0 amide bonds. The van der Waals surface area contributed by atoms with E-state index in [0.29, 0.717) is 0 Å². The van der Waals surface area contributed by atoms with Crippen LogP contribution in [0.1, 0.15) is 46.4 Å². The van der Waals surface area contributed by atoms with Crippen LogP contribution in [0, 0.1) is 0 Å². The van der Waals surface area contributed by atoms with Gasteiger partial charge < -0.3 is 9.47 Å². The summed E-state index contributed by atoms with van der Waals surface area (Å²) in [5.74, 6) is 0. The molecule has 4 heteroatoms. The van der Waals surface area contributed by atoms with Gasteiger partial charge in [-0.1, -0.05) is 6.55 Å². The van der Waals surface area contributed by atoms with E-state index in [1.807, 2.05) is 0 Å². The first-order valence-corrected chi connectivity index (χ1v) is 10.1. The number of hydrogen-bond acceptors (Lipinski definition) is 2. The molecule has 0 spiro atoms. The summed E-state index contributed by atoms with van der Waals surface area (Å²) >= 11 is 0. The third-order valence-electron chi connectivity index (χ3n) is 4.33. The van der Waals surface area contributed by atoms with Crippen LogP contribution in [-0.4, -0.2) is 43.4 Å². The Labute approximate surface area is 106 Å². The normalized spacial score (nSPS) is 41.8. The Morgan fingerprint density at radius 2 is 1.81 bits per heavy atom. The molecule has 2 atom stereocenters. The number of rotatable bonds is 3. The average molecular weight is 260 g/mol. The minimum atomic E-state index is -0.101. The lowest BCUT2D eigenvalue weighted by atomic mass is 9.97. The van der Waals surface area contributed by atoms with Crippen molar-refractivity contribution in [2.24, 2.45) is 0 Å². The van der Waals surface area contributed by atoms with Crippen LogP contribution in [0.15, 0.2) is 0 Å². The number of hydrogen-bond donors (Lipinski definition) is 0. The first kappa shape index (κ1) is 12.8. The third kappa shape index (κ3) is 2.97. The van der Waals surface area contributed by atoms with Crippen LogP contribution in [0.4, 0.5) is 0 Å². The first-order chi connectivity index (χ1) is 7.68. The molecule has 0 aromatic heterocycles. The summed E-state index contributed by atoms with van der Waals surface area (Å²) in [6, 6.07) is 0. The van der Waals surface area contributed by atoms with Gasteiger partial charge in [-0.15, -0.1) is 0 Å². The van der Waals surface area contributed by atoms with Crippen molar-refractivity contribution in [2.45, 2.75) is 61.9 Å². The lowest BCUT2D eigenvalue weighted by Gasteiger charge is -2.45. The van der Waals surface area contributed by atoms with Crippen molar-refractivity contribution >= 4 is 19.8 Å². The van der Waals surface area contributed by atoms with Crippen molar-refractivity contribution in [3.05, 3.63) is 0 Å². The lowest BCUT2D eigenvalue weighted by Crippen LogP contribution is -2.51. The molecule has 0 aromatic rings. The Hall–Kier alpha value is 0.354. The highest BCUT2D eigenvalue weighted by molar-refractivity contribution is 6.38. The smallest absolute Gasteiger partial charge is 0.379 e. The summed E-state index contributed by atoms with van der Waals surface area (Å²) in [4.78, 5) is 0. The van der Waals surface area contributed by atoms with Crippen LogP contribution in [0.2, 0.25) is 6.55 Å². The van der Waals surface area contributed by atoms with Crippen molar-refractivity contribution in [2.75, 3.05) is 13.2 Å². The van der Waals surface area contributed by atoms with Crippen LogP contribution in [0.3, 0.4) is 0 Å². The van der Waals surface area contributed by atoms with E-state index in [-0.39, 0.29) is 21.4 Å². The largest absolute Gasteiger partial charge is 1.00 e. The molecule has 0 N–H and O–H groups in total. The molecule has 0 aromatic carbocycles. The van der Waals surface area contributed by atoms with Crippen LogP contribution in [0.25, 0.3) is 0 Å². The third-order valence-corrected chi connectivity index (χ3v) is 7.56. The van der Waals surface area contributed by atoms with Gasteiger partial charge in [0.05, 0.1) is 20.0 Å². The van der Waals surface area contributed by atoms with E-state index in [9.17, 15) is 0 Å². The highest BCUT2D eigenvalue weighted by Gasteiger charge is 2.40. The van der Waals surface area contributed by atoms with Crippen molar-refractivity contribution in [1.29, 1.82) is 0 Å². The van der Waals surface area contributed by atoms with E-state index in [4.69, 9.17) is 9.47 Å². The van der Waals surface area contributed by atoms with Crippen molar-refractivity contribution in [3.8, 4) is 0 Å². The molecule has 2 aliphatic rings. The van der Waals surface area contributed by atoms with Gasteiger partial charge >= 0.3 is 1.43 Å². The minimum Gasteiger partial charge on any atom is -0.379 e. The van der Waals surface area contributed by atoms with E-state index in [2.05, 4.69) is 6.55 Å². The van der Waals surface area contributed by atoms with Gasteiger partial charge in [-0.2, -0.15) is 0 Å². The van der Waals surface area contributed by atoms with E-state index >= 15 is 0 Å². The monoisotopic (exact) mass is 259 g/mol. The van der Waals surface area contributed by atoms with Crippen molar-refractivity contribution in [1.82, 2.24) is 0 Å². The predicted molar refractivity (Wildman–Crippen MR) is 75.1 cm³/mol. The van der Waals surface area contributed by atoms with Crippen molar-refractivity contribution < 1.29 is 10.9 Å². The zero-order chi connectivity index (χ0) is 11.5. The fourth-order valence-electron chi connectivity index (χ4n) is 3.27. The number of ether oxygens (including phenoxy) is 2. The van der Waals surface area contributed by atoms with E-state index in [1.165, 1.54) is 55.2 Å². The fraction of sp³-hybridized carbons (Fsp3) is 1.00. The molecule has 0 radical (unpaired) electrons. The molecule has 0 bridgehead atoms.